The number of methoxy groups -OCH3 is 1. The maximum Gasteiger partial charge on any atom is 0.124 e. The largest absolute Gasteiger partial charge is 0.496 e. The van der Waals surface area contributed by atoms with Crippen molar-refractivity contribution in [2.75, 3.05) is 12.4 Å². The molecule has 1 N–H and O–H groups in total. The van der Waals surface area contributed by atoms with Gasteiger partial charge in [0.25, 0.3) is 0 Å². The third kappa shape index (κ3) is 3.62. The van der Waals surface area contributed by atoms with Crippen LogP contribution in [0.1, 0.15) is 24.1 Å². The summed E-state index contributed by atoms with van der Waals surface area (Å²) in [4.78, 5) is 0. The van der Waals surface area contributed by atoms with Crippen LogP contribution in [0.15, 0.2) is 42.5 Å². The monoisotopic (exact) mass is 367 g/mol. The number of benzene rings is 2. The Kier molecular flexibility index (Phi) is 4.69. The quantitative estimate of drug-likeness (QED) is 0.786. The van der Waals surface area contributed by atoms with Gasteiger partial charge >= 0.3 is 0 Å². The lowest BCUT2D eigenvalue weighted by molar-refractivity contribution is 0.408. The van der Waals surface area contributed by atoms with Gasteiger partial charge in [-0.1, -0.05) is 23.8 Å². The van der Waals surface area contributed by atoms with E-state index in [1.54, 1.807) is 7.11 Å². The molecule has 0 amide bonds. The molecular formula is C16H18INO. The minimum absolute atomic E-state index is 0.202. The summed E-state index contributed by atoms with van der Waals surface area (Å²) in [5.74, 6) is 0.927. The van der Waals surface area contributed by atoms with Crippen LogP contribution in [0.2, 0.25) is 0 Å². The molecule has 2 rings (SSSR count). The first kappa shape index (κ1) is 14.2. The van der Waals surface area contributed by atoms with Crippen LogP contribution in [0.4, 0.5) is 5.69 Å². The Hall–Kier alpha value is -1.23. The molecule has 100 valence electrons. The average Bonchev–Trinajstić information content (AvgIpc) is 2.38. The van der Waals surface area contributed by atoms with Crippen LogP contribution in [0.5, 0.6) is 5.75 Å². The number of hydrogen-bond donors (Lipinski definition) is 1. The van der Waals surface area contributed by atoms with E-state index < -0.39 is 0 Å². The number of halogens is 1. The predicted molar refractivity (Wildman–Crippen MR) is 88.9 cm³/mol. The number of nitrogens with one attached hydrogen (secondary N) is 1. The normalized spacial score (nSPS) is 12.0. The van der Waals surface area contributed by atoms with E-state index >= 15 is 0 Å². The van der Waals surface area contributed by atoms with Gasteiger partial charge in [0.1, 0.15) is 5.75 Å². The van der Waals surface area contributed by atoms with Gasteiger partial charge in [0.05, 0.1) is 13.2 Å². The van der Waals surface area contributed by atoms with Crippen LogP contribution in [-0.4, -0.2) is 7.11 Å². The van der Waals surface area contributed by atoms with Crippen molar-refractivity contribution in [2.24, 2.45) is 0 Å². The average molecular weight is 367 g/mol. The van der Waals surface area contributed by atoms with Crippen LogP contribution in [-0.2, 0) is 0 Å². The molecule has 0 fully saturated rings. The molecule has 1 unspecified atom stereocenters. The zero-order chi connectivity index (χ0) is 13.8. The second kappa shape index (κ2) is 6.28. The molecule has 0 radical (unpaired) electrons. The highest BCUT2D eigenvalue weighted by atomic mass is 127. The lowest BCUT2D eigenvalue weighted by Crippen LogP contribution is -2.08. The van der Waals surface area contributed by atoms with Gasteiger partial charge in [-0.2, -0.15) is 0 Å². The summed E-state index contributed by atoms with van der Waals surface area (Å²) in [6.07, 6.45) is 0. The number of rotatable bonds is 4. The van der Waals surface area contributed by atoms with Crippen LogP contribution >= 0.6 is 22.6 Å². The fourth-order valence-electron chi connectivity index (χ4n) is 2.10. The highest BCUT2D eigenvalue weighted by molar-refractivity contribution is 14.1. The predicted octanol–water partition coefficient (Wildman–Crippen LogP) is 4.78. The first-order valence-corrected chi connectivity index (χ1v) is 7.34. The Morgan fingerprint density at radius 3 is 2.63 bits per heavy atom. The summed E-state index contributed by atoms with van der Waals surface area (Å²) in [6.45, 7) is 4.25. The first-order valence-electron chi connectivity index (χ1n) is 6.27. The van der Waals surface area contributed by atoms with Gasteiger partial charge in [-0.05, 0) is 60.7 Å². The zero-order valence-electron chi connectivity index (χ0n) is 11.4. The zero-order valence-corrected chi connectivity index (χ0v) is 13.6. The number of aryl methyl sites for hydroxylation is 1. The molecule has 0 bridgehead atoms. The van der Waals surface area contributed by atoms with Crippen LogP contribution in [0.25, 0.3) is 0 Å². The van der Waals surface area contributed by atoms with Crippen molar-refractivity contribution in [3.8, 4) is 5.75 Å². The van der Waals surface area contributed by atoms with E-state index in [1.165, 1.54) is 14.7 Å². The van der Waals surface area contributed by atoms with E-state index in [1.807, 2.05) is 6.07 Å². The van der Waals surface area contributed by atoms with Crippen molar-refractivity contribution in [3.63, 3.8) is 0 Å². The van der Waals surface area contributed by atoms with E-state index in [-0.39, 0.29) is 6.04 Å². The molecule has 0 heterocycles. The third-order valence-corrected chi connectivity index (χ3v) is 3.73. The van der Waals surface area contributed by atoms with Crippen molar-refractivity contribution in [3.05, 3.63) is 57.2 Å². The van der Waals surface area contributed by atoms with Gasteiger partial charge in [0.2, 0.25) is 0 Å². The van der Waals surface area contributed by atoms with Crippen molar-refractivity contribution in [2.45, 2.75) is 19.9 Å². The molecule has 0 aliphatic rings. The van der Waals surface area contributed by atoms with Gasteiger partial charge in [-0.25, -0.2) is 0 Å². The summed E-state index contributed by atoms with van der Waals surface area (Å²) in [5, 5.41) is 3.52. The van der Waals surface area contributed by atoms with Crippen molar-refractivity contribution in [1.29, 1.82) is 0 Å². The number of ether oxygens (including phenoxy) is 1. The molecule has 0 saturated carbocycles. The molecular weight excluding hydrogens is 349 g/mol. The lowest BCUT2D eigenvalue weighted by atomic mass is 10.0. The van der Waals surface area contributed by atoms with Crippen molar-refractivity contribution >= 4 is 28.3 Å². The highest BCUT2D eigenvalue weighted by Crippen LogP contribution is 2.29. The second-order valence-corrected chi connectivity index (χ2v) is 5.87. The fraction of sp³-hybridized carbons (Fsp3) is 0.250. The van der Waals surface area contributed by atoms with E-state index in [4.69, 9.17) is 4.74 Å². The summed E-state index contributed by atoms with van der Waals surface area (Å²) in [6, 6.07) is 14.8. The van der Waals surface area contributed by atoms with E-state index in [0.717, 1.165) is 11.4 Å². The molecule has 0 aromatic heterocycles. The fourth-order valence-corrected chi connectivity index (χ4v) is 2.64. The number of anilines is 1. The first-order chi connectivity index (χ1) is 9.10. The van der Waals surface area contributed by atoms with Gasteiger partial charge in [-0.15, -0.1) is 0 Å². The van der Waals surface area contributed by atoms with Gasteiger partial charge in [-0.3, -0.25) is 0 Å². The molecule has 0 aliphatic carbocycles. The third-order valence-electron chi connectivity index (χ3n) is 3.06. The molecule has 2 nitrogen and oxygen atoms in total. The molecule has 3 heteroatoms. The minimum Gasteiger partial charge on any atom is -0.496 e. The number of hydrogen-bond acceptors (Lipinski definition) is 2. The van der Waals surface area contributed by atoms with Gasteiger partial charge in [0, 0.05) is 14.8 Å². The molecule has 2 aromatic rings. The molecule has 1 atom stereocenters. The summed E-state index contributed by atoms with van der Waals surface area (Å²) < 4.78 is 6.67. The van der Waals surface area contributed by atoms with Crippen molar-refractivity contribution < 1.29 is 4.74 Å². The van der Waals surface area contributed by atoms with E-state index in [0.29, 0.717) is 0 Å². The van der Waals surface area contributed by atoms with Gasteiger partial charge in [0.15, 0.2) is 0 Å². The van der Waals surface area contributed by atoms with Crippen molar-refractivity contribution in [1.82, 2.24) is 0 Å². The molecule has 19 heavy (non-hydrogen) atoms. The smallest absolute Gasteiger partial charge is 0.124 e. The highest BCUT2D eigenvalue weighted by Gasteiger charge is 2.11. The van der Waals surface area contributed by atoms with Crippen LogP contribution < -0.4 is 10.1 Å². The van der Waals surface area contributed by atoms with Gasteiger partial charge < -0.3 is 10.1 Å². The molecule has 0 saturated heterocycles. The Bertz CT molecular complexity index is 568. The lowest BCUT2D eigenvalue weighted by Gasteiger charge is -2.19. The molecule has 2 aromatic carbocycles. The Morgan fingerprint density at radius 1 is 1.16 bits per heavy atom. The Morgan fingerprint density at radius 2 is 1.95 bits per heavy atom. The minimum atomic E-state index is 0.202. The maximum absolute atomic E-state index is 5.44. The molecule has 0 aliphatic heterocycles. The summed E-state index contributed by atoms with van der Waals surface area (Å²) in [5.41, 5.74) is 3.55. The van der Waals surface area contributed by atoms with Crippen LogP contribution in [0, 0.1) is 10.5 Å². The molecule has 0 spiro atoms. The SMILES string of the molecule is COc1ccc(C)cc1C(C)Nc1cccc(I)c1. The summed E-state index contributed by atoms with van der Waals surface area (Å²) in [7, 11) is 1.71. The second-order valence-electron chi connectivity index (χ2n) is 4.62. The Labute approximate surface area is 128 Å². The van der Waals surface area contributed by atoms with E-state index in [2.05, 4.69) is 78.2 Å². The topological polar surface area (TPSA) is 21.3 Å². The van der Waals surface area contributed by atoms with Crippen LogP contribution in [0.3, 0.4) is 0 Å². The maximum atomic E-state index is 5.44. The van der Waals surface area contributed by atoms with E-state index in [9.17, 15) is 0 Å². The summed E-state index contributed by atoms with van der Waals surface area (Å²) >= 11 is 2.32. The standard InChI is InChI=1S/C16H18INO/c1-11-7-8-16(19-3)15(9-11)12(2)18-14-6-4-5-13(17)10-14/h4-10,12,18H,1-3H3. The Balaban J connectivity index is 2.24.